The highest BCUT2D eigenvalue weighted by molar-refractivity contribution is 5.78. The minimum Gasteiger partial charge on any atom is -0.468 e. The van der Waals surface area contributed by atoms with Crippen molar-refractivity contribution >= 4 is 16.8 Å². The summed E-state index contributed by atoms with van der Waals surface area (Å²) in [5, 5.41) is 11.3. The fraction of sp³-hybridized carbons (Fsp3) is 0.400. The molecule has 1 fully saturated rings. The number of rotatable bonds is 6. The lowest BCUT2D eigenvalue weighted by Gasteiger charge is -2.33. The van der Waals surface area contributed by atoms with Crippen LogP contribution >= 0.6 is 0 Å². The number of benzene rings is 1. The first-order chi connectivity index (χ1) is 13.7. The van der Waals surface area contributed by atoms with E-state index in [9.17, 15) is 9.59 Å². The van der Waals surface area contributed by atoms with Crippen LogP contribution in [0.25, 0.3) is 10.9 Å². The fourth-order valence-electron chi connectivity index (χ4n) is 3.65. The molecule has 3 aromatic rings. The molecule has 1 amide bonds. The average molecular weight is 381 g/mol. The topological polar surface area (TPSA) is 93.3 Å². The van der Waals surface area contributed by atoms with Gasteiger partial charge in [0.2, 0.25) is 5.91 Å². The van der Waals surface area contributed by atoms with E-state index >= 15 is 0 Å². The molecule has 146 valence electrons. The van der Waals surface area contributed by atoms with Crippen molar-refractivity contribution in [3.8, 4) is 0 Å². The summed E-state index contributed by atoms with van der Waals surface area (Å²) in [6.07, 6.45) is 5.18. The van der Waals surface area contributed by atoms with Gasteiger partial charge in [-0.05, 0) is 50.2 Å². The highest BCUT2D eigenvalue weighted by Gasteiger charge is 2.25. The number of hydrogen-bond donors (Lipinski definition) is 1. The van der Waals surface area contributed by atoms with Crippen molar-refractivity contribution in [3.05, 3.63) is 58.8 Å². The molecule has 1 aliphatic heterocycles. The number of nitrogens with zero attached hydrogens (tertiary/aromatic N) is 4. The number of likely N-dealkylation sites (tertiary alicyclic amines) is 1. The third-order valence-electron chi connectivity index (χ3n) is 5.12. The second-order valence-corrected chi connectivity index (χ2v) is 7.00. The molecule has 1 aliphatic rings. The normalized spacial score (nSPS) is 16.1. The van der Waals surface area contributed by atoms with E-state index in [1.807, 2.05) is 12.1 Å². The van der Waals surface area contributed by atoms with Crippen LogP contribution in [0.15, 0.2) is 51.9 Å². The number of furan rings is 1. The maximum absolute atomic E-state index is 12.5. The van der Waals surface area contributed by atoms with Crippen LogP contribution in [0.3, 0.4) is 0 Å². The predicted molar refractivity (Wildman–Crippen MR) is 104 cm³/mol. The van der Waals surface area contributed by atoms with Crippen LogP contribution in [-0.2, 0) is 11.3 Å². The second-order valence-electron chi connectivity index (χ2n) is 7.00. The number of hydrogen-bond acceptors (Lipinski definition) is 6. The van der Waals surface area contributed by atoms with Gasteiger partial charge in [0.25, 0.3) is 5.56 Å². The van der Waals surface area contributed by atoms with E-state index in [4.69, 9.17) is 4.42 Å². The van der Waals surface area contributed by atoms with Gasteiger partial charge < -0.3 is 9.73 Å². The van der Waals surface area contributed by atoms with Gasteiger partial charge in [0.15, 0.2) is 0 Å². The Bertz CT molecular complexity index is 992. The lowest BCUT2D eigenvalue weighted by Crippen LogP contribution is -2.42. The largest absolute Gasteiger partial charge is 0.468 e. The van der Waals surface area contributed by atoms with Crippen LogP contribution in [0.4, 0.5) is 0 Å². The first-order valence-corrected chi connectivity index (χ1v) is 9.59. The summed E-state index contributed by atoms with van der Waals surface area (Å²) in [4.78, 5) is 27.3. The van der Waals surface area contributed by atoms with Gasteiger partial charge in [-0.15, -0.1) is 5.10 Å². The van der Waals surface area contributed by atoms with E-state index < -0.39 is 0 Å². The standard InChI is InChI=1S/C20H23N5O3/c26-19(14-25-20(27)15-7-2-3-8-16(15)22-23-25)21-13-17(18-9-6-12-28-18)24-10-4-1-5-11-24/h2-3,6-9,12,17H,1,4-5,10-11,13-14H2,(H,21,26). The molecule has 0 saturated carbocycles. The molecule has 1 atom stereocenters. The lowest BCUT2D eigenvalue weighted by atomic mass is 10.1. The number of fused-ring (bicyclic) bond motifs is 1. The summed E-state index contributed by atoms with van der Waals surface area (Å²) in [6, 6.07) is 10.7. The molecule has 1 N–H and O–H groups in total. The summed E-state index contributed by atoms with van der Waals surface area (Å²) in [5.41, 5.74) is 0.200. The molecule has 8 nitrogen and oxygen atoms in total. The third-order valence-corrected chi connectivity index (χ3v) is 5.12. The maximum Gasteiger partial charge on any atom is 0.278 e. The van der Waals surface area contributed by atoms with E-state index in [0.29, 0.717) is 17.4 Å². The Hall–Kier alpha value is -3.00. The number of amides is 1. The van der Waals surface area contributed by atoms with Crippen molar-refractivity contribution < 1.29 is 9.21 Å². The van der Waals surface area contributed by atoms with Crippen molar-refractivity contribution in [3.63, 3.8) is 0 Å². The van der Waals surface area contributed by atoms with Gasteiger partial charge in [0.05, 0.1) is 17.7 Å². The number of nitrogens with one attached hydrogen (secondary N) is 1. The van der Waals surface area contributed by atoms with Crippen LogP contribution in [0, 0.1) is 0 Å². The Balaban J connectivity index is 1.44. The average Bonchev–Trinajstić information content (AvgIpc) is 3.26. The summed E-state index contributed by atoms with van der Waals surface area (Å²) in [7, 11) is 0. The van der Waals surface area contributed by atoms with Crippen molar-refractivity contribution in [2.24, 2.45) is 0 Å². The minimum atomic E-state index is -0.320. The zero-order valence-corrected chi connectivity index (χ0v) is 15.6. The van der Waals surface area contributed by atoms with E-state index in [1.165, 1.54) is 6.42 Å². The molecular weight excluding hydrogens is 358 g/mol. The zero-order chi connectivity index (χ0) is 19.3. The Kier molecular flexibility index (Phi) is 5.48. The fourth-order valence-corrected chi connectivity index (χ4v) is 3.65. The van der Waals surface area contributed by atoms with Gasteiger partial charge in [-0.3, -0.25) is 14.5 Å². The predicted octanol–water partition coefficient (Wildman–Crippen LogP) is 1.73. The summed E-state index contributed by atoms with van der Waals surface area (Å²) in [5.74, 6) is 0.560. The van der Waals surface area contributed by atoms with Gasteiger partial charge in [0, 0.05) is 6.54 Å². The van der Waals surface area contributed by atoms with Gasteiger partial charge >= 0.3 is 0 Å². The molecule has 8 heteroatoms. The van der Waals surface area contributed by atoms with Crippen LogP contribution in [0.2, 0.25) is 0 Å². The minimum absolute atomic E-state index is 0.0151. The molecule has 28 heavy (non-hydrogen) atoms. The van der Waals surface area contributed by atoms with Crippen LogP contribution in [0.1, 0.15) is 31.1 Å². The first kappa shape index (κ1) is 18.4. The smallest absolute Gasteiger partial charge is 0.278 e. The van der Waals surface area contributed by atoms with E-state index in [-0.39, 0.29) is 24.1 Å². The molecule has 3 heterocycles. The first-order valence-electron chi connectivity index (χ1n) is 9.59. The van der Waals surface area contributed by atoms with Crippen molar-refractivity contribution in [1.82, 2.24) is 25.2 Å². The monoisotopic (exact) mass is 381 g/mol. The van der Waals surface area contributed by atoms with Crippen LogP contribution in [0.5, 0.6) is 0 Å². The van der Waals surface area contributed by atoms with E-state index in [1.54, 1.807) is 30.5 Å². The number of aromatic nitrogens is 3. The SMILES string of the molecule is O=C(Cn1nnc2ccccc2c1=O)NCC(c1ccco1)N1CCCCC1. The molecule has 0 bridgehead atoms. The Morgan fingerprint density at radius 1 is 1.14 bits per heavy atom. The number of carbonyl (C=O) groups excluding carboxylic acids is 1. The highest BCUT2D eigenvalue weighted by Crippen LogP contribution is 2.24. The molecule has 4 rings (SSSR count). The van der Waals surface area contributed by atoms with Crippen LogP contribution < -0.4 is 10.9 Å². The zero-order valence-electron chi connectivity index (χ0n) is 15.6. The van der Waals surface area contributed by atoms with E-state index in [2.05, 4.69) is 20.5 Å². The van der Waals surface area contributed by atoms with Crippen molar-refractivity contribution in [2.75, 3.05) is 19.6 Å². The Morgan fingerprint density at radius 2 is 1.96 bits per heavy atom. The van der Waals surface area contributed by atoms with Gasteiger partial charge in [-0.1, -0.05) is 23.8 Å². The summed E-state index contributed by atoms with van der Waals surface area (Å²) < 4.78 is 6.69. The molecule has 0 radical (unpaired) electrons. The highest BCUT2D eigenvalue weighted by atomic mass is 16.3. The molecule has 1 unspecified atom stereocenters. The van der Waals surface area contributed by atoms with Gasteiger partial charge in [-0.2, -0.15) is 0 Å². The molecule has 1 aromatic carbocycles. The van der Waals surface area contributed by atoms with E-state index in [0.717, 1.165) is 36.4 Å². The summed E-state index contributed by atoms with van der Waals surface area (Å²) >= 11 is 0. The maximum atomic E-state index is 12.5. The molecule has 0 spiro atoms. The number of carbonyl (C=O) groups is 1. The number of piperidine rings is 1. The van der Waals surface area contributed by atoms with Gasteiger partial charge in [-0.25, -0.2) is 4.68 Å². The van der Waals surface area contributed by atoms with Gasteiger partial charge in [0.1, 0.15) is 17.8 Å². The lowest BCUT2D eigenvalue weighted by molar-refractivity contribution is -0.122. The second kappa shape index (κ2) is 8.35. The molecule has 0 aliphatic carbocycles. The molecular formula is C20H23N5O3. The van der Waals surface area contributed by atoms with Crippen molar-refractivity contribution in [1.29, 1.82) is 0 Å². The van der Waals surface area contributed by atoms with Crippen molar-refractivity contribution in [2.45, 2.75) is 31.8 Å². The molecule has 2 aromatic heterocycles. The Morgan fingerprint density at radius 3 is 2.75 bits per heavy atom. The summed E-state index contributed by atoms with van der Waals surface area (Å²) in [6.45, 7) is 2.22. The Labute approximate surface area is 162 Å². The quantitative estimate of drug-likeness (QED) is 0.699. The molecule has 1 saturated heterocycles. The van der Waals surface area contributed by atoms with Crippen LogP contribution in [-0.4, -0.2) is 45.4 Å². The third kappa shape index (κ3) is 3.96.